The van der Waals surface area contributed by atoms with Crippen molar-refractivity contribution in [1.82, 2.24) is 15.2 Å². The number of rotatable bonds is 6. The van der Waals surface area contributed by atoms with Gasteiger partial charge in [-0.2, -0.15) is 0 Å². The van der Waals surface area contributed by atoms with Crippen molar-refractivity contribution in [3.63, 3.8) is 0 Å². The number of aryl methyl sites for hydroxylation is 2. The average molecular weight is 493 g/mol. The number of nitrogens with zero attached hydrogens (tertiary/aromatic N) is 2. The molecular weight excluding hydrogens is 472 g/mol. The molecule has 0 radical (unpaired) electrons. The summed E-state index contributed by atoms with van der Waals surface area (Å²) in [5.41, 5.74) is 4.73. The minimum atomic E-state index is -0.496. The summed E-state index contributed by atoms with van der Waals surface area (Å²) in [5.74, 6) is 0.536. The molecule has 2 N–H and O–H groups in total. The molecule has 1 aromatic heterocycles. The van der Waals surface area contributed by atoms with Crippen LogP contribution in [0, 0.1) is 13.8 Å². The van der Waals surface area contributed by atoms with Gasteiger partial charge in [-0.3, -0.25) is 9.89 Å². The fourth-order valence-electron chi connectivity index (χ4n) is 3.15. The highest BCUT2D eigenvalue weighted by Crippen LogP contribution is 2.36. The van der Waals surface area contributed by atoms with E-state index < -0.39 is 5.25 Å². The van der Waals surface area contributed by atoms with Gasteiger partial charge in [0, 0.05) is 15.7 Å². The Morgan fingerprint density at radius 3 is 2.55 bits per heavy atom. The molecule has 0 aliphatic rings. The van der Waals surface area contributed by atoms with Crippen molar-refractivity contribution in [3.8, 4) is 11.4 Å². The molecule has 31 heavy (non-hydrogen) atoms. The van der Waals surface area contributed by atoms with Gasteiger partial charge >= 0.3 is 0 Å². The van der Waals surface area contributed by atoms with Gasteiger partial charge in [-0.15, -0.1) is 5.10 Å². The quantitative estimate of drug-likeness (QED) is 0.308. The topological polar surface area (TPSA) is 70.7 Å². The van der Waals surface area contributed by atoms with E-state index in [1.54, 1.807) is 0 Å². The van der Waals surface area contributed by atoms with Gasteiger partial charge in [0.2, 0.25) is 11.1 Å². The van der Waals surface area contributed by atoms with Gasteiger partial charge in [0.25, 0.3) is 0 Å². The third kappa shape index (κ3) is 5.06. The second kappa shape index (κ2) is 9.49. The van der Waals surface area contributed by atoms with E-state index in [4.69, 9.17) is 0 Å². The Morgan fingerprint density at radius 2 is 1.77 bits per heavy atom. The van der Waals surface area contributed by atoms with Crippen LogP contribution in [0.25, 0.3) is 11.4 Å². The van der Waals surface area contributed by atoms with Crippen LogP contribution in [0.4, 0.5) is 5.69 Å². The van der Waals surface area contributed by atoms with E-state index in [0.717, 1.165) is 32.4 Å². The number of nitrogens with one attached hydrogen (secondary N) is 2. The Balaban J connectivity index is 1.61. The van der Waals surface area contributed by atoms with Gasteiger partial charge in [0.05, 0.1) is 0 Å². The summed E-state index contributed by atoms with van der Waals surface area (Å²) < 4.78 is 0.926. The van der Waals surface area contributed by atoms with Gasteiger partial charge in [0.15, 0.2) is 5.82 Å². The molecule has 5 nitrogen and oxygen atoms in total. The molecule has 156 valence electrons. The fraction of sp³-hybridized carbons (Fsp3) is 0.125. The molecule has 0 spiro atoms. The summed E-state index contributed by atoms with van der Waals surface area (Å²) in [7, 11) is 0. The maximum Gasteiger partial charge on any atom is 0.242 e. The van der Waals surface area contributed by atoms with Crippen molar-refractivity contribution in [2.45, 2.75) is 24.3 Å². The number of amides is 1. The zero-order valence-corrected chi connectivity index (χ0v) is 19.5. The maximum absolute atomic E-state index is 13.3. The monoisotopic (exact) mass is 492 g/mol. The van der Waals surface area contributed by atoms with Gasteiger partial charge in [-0.25, -0.2) is 4.98 Å². The van der Waals surface area contributed by atoms with Crippen LogP contribution in [0.5, 0.6) is 0 Å². The molecule has 7 heteroatoms. The van der Waals surface area contributed by atoms with E-state index in [0.29, 0.717) is 11.0 Å². The number of hydrogen-bond donors (Lipinski definition) is 2. The fourth-order valence-corrected chi connectivity index (χ4v) is 4.53. The third-order valence-corrected chi connectivity index (χ3v) is 6.62. The number of H-pyrrole nitrogens is 1. The zero-order valence-electron chi connectivity index (χ0n) is 17.1. The number of aromatic nitrogens is 3. The van der Waals surface area contributed by atoms with Crippen molar-refractivity contribution in [2.75, 3.05) is 5.32 Å². The van der Waals surface area contributed by atoms with Crippen LogP contribution in [-0.4, -0.2) is 21.1 Å². The average Bonchev–Trinajstić information content (AvgIpc) is 3.24. The molecule has 0 aliphatic carbocycles. The lowest BCUT2D eigenvalue weighted by Crippen LogP contribution is -2.19. The molecule has 1 heterocycles. The van der Waals surface area contributed by atoms with E-state index in [9.17, 15) is 4.79 Å². The minimum Gasteiger partial charge on any atom is -0.325 e. The first-order valence-electron chi connectivity index (χ1n) is 9.78. The van der Waals surface area contributed by atoms with E-state index in [2.05, 4.69) is 36.4 Å². The normalized spacial score (nSPS) is 11.8. The summed E-state index contributed by atoms with van der Waals surface area (Å²) >= 11 is 4.86. The minimum absolute atomic E-state index is 0.114. The van der Waals surface area contributed by atoms with Crippen LogP contribution in [0.15, 0.2) is 82.4 Å². The largest absolute Gasteiger partial charge is 0.325 e. The number of carbonyl (C=O) groups is 1. The zero-order chi connectivity index (χ0) is 21.8. The highest BCUT2D eigenvalue weighted by atomic mass is 79.9. The number of hydrogen-bond acceptors (Lipinski definition) is 4. The van der Waals surface area contributed by atoms with E-state index >= 15 is 0 Å². The Morgan fingerprint density at radius 1 is 1.03 bits per heavy atom. The third-order valence-electron chi connectivity index (χ3n) is 4.81. The van der Waals surface area contributed by atoms with Gasteiger partial charge in [-0.05, 0) is 42.7 Å². The van der Waals surface area contributed by atoms with Crippen LogP contribution in [0.3, 0.4) is 0 Å². The molecule has 0 fully saturated rings. The highest BCUT2D eigenvalue weighted by molar-refractivity contribution is 9.10. The maximum atomic E-state index is 13.3. The van der Waals surface area contributed by atoms with Crippen molar-refractivity contribution >= 4 is 39.3 Å². The molecular formula is C24H21BrN4OS. The lowest BCUT2D eigenvalue weighted by Gasteiger charge is -2.17. The molecule has 4 rings (SSSR count). The molecule has 4 aromatic rings. The predicted octanol–water partition coefficient (Wildman–Crippen LogP) is 6.32. The molecule has 0 aliphatic heterocycles. The second-order valence-corrected chi connectivity index (χ2v) is 9.09. The van der Waals surface area contributed by atoms with E-state index in [-0.39, 0.29) is 5.91 Å². The van der Waals surface area contributed by atoms with Crippen molar-refractivity contribution in [1.29, 1.82) is 0 Å². The van der Waals surface area contributed by atoms with Gasteiger partial charge in [0.1, 0.15) is 5.25 Å². The van der Waals surface area contributed by atoms with Crippen LogP contribution >= 0.6 is 27.7 Å². The Kier molecular flexibility index (Phi) is 6.53. The SMILES string of the molecule is Cc1ccc(C)c(NC(=O)[C@H](Sc2n[nH]c(-c3ccccc3Br)n2)c2ccccc2)c1. The molecule has 1 amide bonds. The molecule has 0 saturated heterocycles. The summed E-state index contributed by atoms with van der Waals surface area (Å²) in [4.78, 5) is 17.9. The summed E-state index contributed by atoms with van der Waals surface area (Å²) in [5, 5.41) is 10.4. The first-order valence-corrected chi connectivity index (χ1v) is 11.5. The molecule has 0 bridgehead atoms. The first kappa shape index (κ1) is 21.3. The van der Waals surface area contributed by atoms with Crippen molar-refractivity contribution in [3.05, 3.63) is 94.0 Å². The van der Waals surface area contributed by atoms with Crippen LogP contribution in [-0.2, 0) is 4.79 Å². The first-order chi connectivity index (χ1) is 15.0. The Labute approximate surface area is 193 Å². The van der Waals surface area contributed by atoms with E-state index in [1.165, 1.54) is 11.8 Å². The lowest BCUT2D eigenvalue weighted by atomic mass is 10.1. The molecule has 3 aromatic carbocycles. The number of benzene rings is 3. The Bertz CT molecular complexity index is 1210. The summed E-state index contributed by atoms with van der Waals surface area (Å²) in [6, 6.07) is 23.5. The van der Waals surface area contributed by atoms with Crippen LogP contribution < -0.4 is 5.32 Å². The van der Waals surface area contributed by atoms with Gasteiger partial charge in [-0.1, -0.05) is 88.4 Å². The van der Waals surface area contributed by atoms with Crippen LogP contribution in [0.1, 0.15) is 21.9 Å². The number of thioether (sulfide) groups is 1. The number of aromatic amines is 1. The van der Waals surface area contributed by atoms with Gasteiger partial charge < -0.3 is 5.32 Å². The smallest absolute Gasteiger partial charge is 0.242 e. The number of anilines is 1. The molecule has 0 saturated carbocycles. The summed E-state index contributed by atoms with van der Waals surface area (Å²) in [6.45, 7) is 3.99. The lowest BCUT2D eigenvalue weighted by molar-refractivity contribution is -0.115. The van der Waals surface area contributed by atoms with Crippen molar-refractivity contribution in [2.24, 2.45) is 0 Å². The predicted molar refractivity (Wildman–Crippen MR) is 129 cm³/mol. The second-order valence-electron chi connectivity index (χ2n) is 7.16. The van der Waals surface area contributed by atoms with Crippen LogP contribution in [0.2, 0.25) is 0 Å². The molecule has 0 unspecified atom stereocenters. The summed E-state index contributed by atoms with van der Waals surface area (Å²) in [6.07, 6.45) is 0. The van der Waals surface area contributed by atoms with Crippen molar-refractivity contribution < 1.29 is 4.79 Å². The van der Waals surface area contributed by atoms with E-state index in [1.807, 2.05) is 86.6 Å². The number of halogens is 1. The number of carbonyl (C=O) groups excluding carboxylic acids is 1. The molecule has 1 atom stereocenters. The highest BCUT2D eigenvalue weighted by Gasteiger charge is 2.25. The Hall–Kier alpha value is -2.90. The standard InChI is InChI=1S/C24H21BrN4OS/c1-15-12-13-16(2)20(14-15)26-23(30)21(17-8-4-3-5-9-17)31-24-27-22(28-29-24)18-10-6-7-11-19(18)25/h3-14,21H,1-2H3,(H,26,30)(H,27,28,29)/t21-/m1/s1.